The first-order chi connectivity index (χ1) is 7.49. The highest BCUT2D eigenvalue weighted by Crippen LogP contribution is 2.37. The fourth-order valence-corrected chi connectivity index (χ4v) is 2.71. The van der Waals surface area contributed by atoms with E-state index in [9.17, 15) is 8.42 Å². The fraction of sp³-hybridized carbons (Fsp3) is 0.400. The molecule has 1 aromatic carbocycles. The van der Waals surface area contributed by atoms with Gasteiger partial charge in [0.1, 0.15) is 0 Å². The Hall–Kier alpha value is -0.940. The molecule has 0 saturated heterocycles. The van der Waals surface area contributed by atoms with Gasteiger partial charge >= 0.3 is 0 Å². The van der Waals surface area contributed by atoms with Gasteiger partial charge in [-0.2, -0.15) is 0 Å². The lowest BCUT2D eigenvalue weighted by atomic mass is 10.1. The highest BCUT2D eigenvalue weighted by molar-refractivity contribution is 8.13. The van der Waals surface area contributed by atoms with Crippen molar-refractivity contribution in [3.8, 4) is 11.5 Å². The molecule has 4 nitrogen and oxygen atoms in total. The van der Waals surface area contributed by atoms with Crippen LogP contribution in [0.2, 0.25) is 0 Å². The van der Waals surface area contributed by atoms with E-state index < -0.39 is 9.05 Å². The summed E-state index contributed by atoms with van der Waals surface area (Å²) in [6, 6.07) is 3.44. The molecule has 1 heterocycles. The predicted molar refractivity (Wildman–Crippen MR) is 60.7 cm³/mol. The topological polar surface area (TPSA) is 52.6 Å². The van der Waals surface area contributed by atoms with Crippen LogP contribution in [0.5, 0.6) is 11.5 Å². The first-order valence-corrected chi connectivity index (χ1v) is 7.22. The molecular formula is C10H11ClO4S. The highest BCUT2D eigenvalue weighted by Gasteiger charge is 2.20. The van der Waals surface area contributed by atoms with Gasteiger partial charge < -0.3 is 9.47 Å². The molecule has 0 aromatic heterocycles. The Morgan fingerprint density at radius 1 is 1.50 bits per heavy atom. The molecule has 6 heteroatoms. The fourth-order valence-electron chi connectivity index (χ4n) is 1.77. The van der Waals surface area contributed by atoms with E-state index in [1.54, 1.807) is 12.1 Å². The third-order valence-corrected chi connectivity index (χ3v) is 3.37. The van der Waals surface area contributed by atoms with Gasteiger partial charge in [-0.05, 0) is 11.6 Å². The minimum atomic E-state index is -3.54. The Bertz CT molecular complexity index is 510. The van der Waals surface area contributed by atoms with Crippen molar-refractivity contribution in [2.75, 3.05) is 13.7 Å². The third-order valence-electron chi connectivity index (χ3n) is 2.37. The summed E-state index contributed by atoms with van der Waals surface area (Å²) in [5.74, 6) is 1.07. The van der Waals surface area contributed by atoms with Crippen molar-refractivity contribution in [1.82, 2.24) is 0 Å². The van der Waals surface area contributed by atoms with Crippen LogP contribution in [-0.2, 0) is 21.2 Å². The number of ether oxygens (including phenoxy) is 2. The average molecular weight is 263 g/mol. The number of fused-ring (bicyclic) bond motifs is 1. The molecule has 0 radical (unpaired) electrons. The quantitative estimate of drug-likeness (QED) is 0.778. The van der Waals surface area contributed by atoms with Crippen molar-refractivity contribution >= 4 is 19.7 Å². The van der Waals surface area contributed by atoms with E-state index in [4.69, 9.17) is 20.2 Å². The molecule has 0 N–H and O–H groups in total. The zero-order valence-electron chi connectivity index (χ0n) is 8.70. The zero-order chi connectivity index (χ0) is 11.8. The molecule has 0 aliphatic carbocycles. The number of hydrogen-bond acceptors (Lipinski definition) is 4. The van der Waals surface area contributed by atoms with E-state index in [0.717, 1.165) is 12.0 Å². The largest absolute Gasteiger partial charge is 0.493 e. The Morgan fingerprint density at radius 3 is 2.88 bits per heavy atom. The molecule has 0 fully saturated rings. The van der Waals surface area contributed by atoms with Gasteiger partial charge in [0.25, 0.3) is 0 Å². The zero-order valence-corrected chi connectivity index (χ0v) is 10.3. The number of rotatable bonds is 3. The van der Waals surface area contributed by atoms with Crippen LogP contribution < -0.4 is 9.47 Å². The molecule has 1 aliphatic heterocycles. The number of methoxy groups -OCH3 is 1. The lowest BCUT2D eigenvalue weighted by Gasteiger charge is -2.08. The van der Waals surface area contributed by atoms with Gasteiger partial charge in [0.05, 0.1) is 19.5 Å². The predicted octanol–water partition coefficient (Wildman–Crippen LogP) is 1.70. The molecule has 0 unspecified atom stereocenters. The highest BCUT2D eigenvalue weighted by atomic mass is 35.7. The van der Waals surface area contributed by atoms with E-state index >= 15 is 0 Å². The van der Waals surface area contributed by atoms with Gasteiger partial charge in [-0.15, -0.1) is 0 Å². The summed E-state index contributed by atoms with van der Waals surface area (Å²) in [5, 5.41) is 0. The molecule has 0 bridgehead atoms. The van der Waals surface area contributed by atoms with Gasteiger partial charge in [-0.3, -0.25) is 0 Å². The SMILES string of the molecule is COc1cc(CS(=O)(=O)Cl)cc2c1OCC2. The van der Waals surface area contributed by atoms with Crippen LogP contribution >= 0.6 is 10.7 Å². The Morgan fingerprint density at radius 2 is 2.25 bits per heavy atom. The molecule has 0 spiro atoms. The average Bonchev–Trinajstić information content (AvgIpc) is 2.61. The number of hydrogen-bond donors (Lipinski definition) is 0. The van der Waals surface area contributed by atoms with Crippen LogP contribution in [0, 0.1) is 0 Å². The first kappa shape index (κ1) is 11.5. The molecule has 16 heavy (non-hydrogen) atoms. The molecule has 1 aliphatic rings. The monoisotopic (exact) mass is 262 g/mol. The smallest absolute Gasteiger partial charge is 0.236 e. The summed E-state index contributed by atoms with van der Waals surface area (Å²) in [6.45, 7) is 0.600. The van der Waals surface area contributed by atoms with Gasteiger partial charge in [0.2, 0.25) is 9.05 Å². The van der Waals surface area contributed by atoms with E-state index in [0.29, 0.717) is 23.7 Å². The Kier molecular flexibility index (Phi) is 2.99. The maximum Gasteiger partial charge on any atom is 0.236 e. The normalized spacial score (nSPS) is 14.4. The van der Waals surface area contributed by atoms with Crippen LogP contribution in [-0.4, -0.2) is 22.1 Å². The van der Waals surface area contributed by atoms with Crippen LogP contribution in [0.25, 0.3) is 0 Å². The van der Waals surface area contributed by atoms with Crippen LogP contribution in [0.3, 0.4) is 0 Å². The molecular weight excluding hydrogens is 252 g/mol. The molecule has 1 aromatic rings. The van der Waals surface area contributed by atoms with Crippen molar-refractivity contribution < 1.29 is 17.9 Å². The number of benzene rings is 1. The third kappa shape index (κ3) is 2.41. The van der Waals surface area contributed by atoms with E-state index in [2.05, 4.69) is 0 Å². The van der Waals surface area contributed by atoms with Crippen LogP contribution in [0.1, 0.15) is 11.1 Å². The van der Waals surface area contributed by atoms with Gasteiger partial charge in [-0.1, -0.05) is 6.07 Å². The molecule has 0 atom stereocenters. The minimum Gasteiger partial charge on any atom is -0.493 e. The maximum atomic E-state index is 11.0. The van der Waals surface area contributed by atoms with Crippen molar-refractivity contribution in [3.05, 3.63) is 23.3 Å². The summed E-state index contributed by atoms with van der Waals surface area (Å²) in [6.07, 6.45) is 0.766. The van der Waals surface area contributed by atoms with E-state index in [1.165, 1.54) is 7.11 Å². The summed E-state index contributed by atoms with van der Waals surface area (Å²) in [4.78, 5) is 0. The lowest BCUT2D eigenvalue weighted by molar-refractivity contribution is 0.326. The van der Waals surface area contributed by atoms with Gasteiger partial charge in [-0.25, -0.2) is 8.42 Å². The van der Waals surface area contributed by atoms with E-state index in [-0.39, 0.29) is 5.75 Å². The standard InChI is InChI=1S/C10H11ClO4S/c1-14-9-5-7(6-16(11,12)13)4-8-2-3-15-10(8)9/h4-5H,2-3,6H2,1H3. The number of halogens is 1. The minimum absolute atomic E-state index is 0.196. The first-order valence-electron chi connectivity index (χ1n) is 4.74. The Labute approximate surface area is 98.5 Å². The molecule has 0 amide bonds. The van der Waals surface area contributed by atoms with Crippen molar-refractivity contribution in [2.24, 2.45) is 0 Å². The summed E-state index contributed by atoms with van der Waals surface area (Å²) >= 11 is 0. The lowest BCUT2D eigenvalue weighted by Crippen LogP contribution is -1.97. The van der Waals surface area contributed by atoms with Crippen molar-refractivity contribution in [2.45, 2.75) is 12.2 Å². The molecule has 0 saturated carbocycles. The summed E-state index contributed by atoms with van der Waals surface area (Å²) < 4.78 is 32.5. The van der Waals surface area contributed by atoms with Crippen molar-refractivity contribution in [3.63, 3.8) is 0 Å². The summed E-state index contributed by atoms with van der Waals surface area (Å²) in [7, 11) is 3.19. The summed E-state index contributed by atoms with van der Waals surface area (Å²) in [5.41, 5.74) is 1.59. The second-order valence-electron chi connectivity index (χ2n) is 3.57. The van der Waals surface area contributed by atoms with Crippen molar-refractivity contribution in [1.29, 1.82) is 0 Å². The van der Waals surface area contributed by atoms with Crippen LogP contribution in [0.4, 0.5) is 0 Å². The molecule has 88 valence electrons. The van der Waals surface area contributed by atoms with Crippen LogP contribution in [0.15, 0.2) is 12.1 Å². The Balaban J connectivity index is 2.42. The van der Waals surface area contributed by atoms with Gasteiger partial charge in [0.15, 0.2) is 11.5 Å². The van der Waals surface area contributed by atoms with Gasteiger partial charge in [0, 0.05) is 22.7 Å². The maximum absolute atomic E-state index is 11.0. The second-order valence-corrected chi connectivity index (χ2v) is 6.34. The second kappa shape index (κ2) is 4.14. The van der Waals surface area contributed by atoms with E-state index in [1.807, 2.05) is 0 Å². The molecule has 2 rings (SSSR count).